The maximum atomic E-state index is 5.51. The van der Waals surface area contributed by atoms with Crippen LogP contribution >= 0.6 is 0 Å². The molecule has 34 heavy (non-hydrogen) atoms. The van der Waals surface area contributed by atoms with Crippen LogP contribution < -0.4 is 15.2 Å². The lowest BCUT2D eigenvalue weighted by Crippen LogP contribution is -2.37. The number of aromatic nitrogens is 4. The Labute approximate surface area is 198 Å². The molecule has 0 aliphatic carbocycles. The van der Waals surface area contributed by atoms with Gasteiger partial charge in [0.25, 0.3) is 0 Å². The van der Waals surface area contributed by atoms with Gasteiger partial charge in [0.1, 0.15) is 6.33 Å². The van der Waals surface area contributed by atoms with Gasteiger partial charge in [-0.2, -0.15) is 15.1 Å². The molecule has 2 aromatic carbocycles. The maximum absolute atomic E-state index is 5.51. The minimum absolute atomic E-state index is 0.569. The summed E-state index contributed by atoms with van der Waals surface area (Å²) in [6.07, 6.45) is 3.56. The van der Waals surface area contributed by atoms with Gasteiger partial charge in [0, 0.05) is 38.6 Å². The molecule has 174 valence electrons. The fourth-order valence-corrected chi connectivity index (χ4v) is 3.89. The van der Waals surface area contributed by atoms with Gasteiger partial charge in [0.15, 0.2) is 17.0 Å². The lowest BCUT2D eigenvalue weighted by Gasteiger charge is -2.27. The highest BCUT2D eigenvalue weighted by atomic mass is 16.5. The Balaban J connectivity index is 1.53. The van der Waals surface area contributed by atoms with E-state index in [1.54, 1.807) is 12.5 Å². The Morgan fingerprint density at radius 1 is 1.06 bits per heavy atom. The van der Waals surface area contributed by atoms with Crippen LogP contribution in [0.4, 0.5) is 17.5 Å². The standard InChI is InChI=1S/C25H28N8O/c1-18-5-4-6-19(15-18)16-27-30-23-22-24(29-25(28-23)32-11-13-34-14-12-32)33(17-26-22)21-9-7-20(8-10-21)31(2)3/h4-10,15-17H,11-14H2,1-3H3,(H,28,29,30)/b27-16+. The Kier molecular flexibility index (Phi) is 6.09. The van der Waals surface area contributed by atoms with E-state index >= 15 is 0 Å². The number of nitrogens with zero attached hydrogens (tertiary/aromatic N) is 7. The predicted octanol–water partition coefficient (Wildman–Crippen LogP) is 3.47. The molecule has 0 amide bonds. The van der Waals surface area contributed by atoms with E-state index in [4.69, 9.17) is 14.7 Å². The second-order valence-electron chi connectivity index (χ2n) is 8.45. The van der Waals surface area contributed by atoms with Crippen LogP contribution in [0.1, 0.15) is 11.1 Å². The van der Waals surface area contributed by atoms with E-state index in [2.05, 4.69) is 68.6 Å². The Bertz CT molecular complexity index is 1310. The third-order valence-electron chi connectivity index (χ3n) is 5.75. The number of anilines is 3. The van der Waals surface area contributed by atoms with Crippen molar-refractivity contribution in [2.24, 2.45) is 5.10 Å². The molecule has 0 saturated carbocycles. The highest BCUT2D eigenvalue weighted by Gasteiger charge is 2.19. The average molecular weight is 457 g/mol. The largest absolute Gasteiger partial charge is 0.378 e. The molecule has 0 radical (unpaired) electrons. The molecule has 1 aliphatic rings. The number of nitrogens with one attached hydrogen (secondary N) is 1. The second kappa shape index (κ2) is 9.48. The van der Waals surface area contributed by atoms with Gasteiger partial charge in [-0.3, -0.25) is 9.99 Å². The Hall–Kier alpha value is -3.98. The normalized spacial score (nSPS) is 14.1. The van der Waals surface area contributed by atoms with Crippen molar-refractivity contribution in [2.45, 2.75) is 6.92 Å². The zero-order chi connectivity index (χ0) is 23.5. The number of hydrogen-bond donors (Lipinski definition) is 1. The van der Waals surface area contributed by atoms with Crippen molar-refractivity contribution in [3.63, 3.8) is 0 Å². The van der Waals surface area contributed by atoms with Crippen molar-refractivity contribution >= 4 is 34.8 Å². The summed E-state index contributed by atoms with van der Waals surface area (Å²) in [6.45, 7) is 4.85. The molecule has 2 aromatic heterocycles. The molecule has 0 atom stereocenters. The van der Waals surface area contributed by atoms with Gasteiger partial charge < -0.3 is 14.5 Å². The third kappa shape index (κ3) is 4.55. The van der Waals surface area contributed by atoms with Crippen LogP contribution in [0.15, 0.2) is 60.0 Å². The molecule has 4 aromatic rings. The number of benzene rings is 2. The molecule has 0 spiro atoms. The van der Waals surface area contributed by atoms with Gasteiger partial charge in [0.2, 0.25) is 5.95 Å². The number of fused-ring (bicyclic) bond motifs is 1. The average Bonchev–Trinajstić information content (AvgIpc) is 3.29. The monoisotopic (exact) mass is 456 g/mol. The molecule has 9 nitrogen and oxygen atoms in total. The van der Waals surface area contributed by atoms with Crippen LogP contribution in [-0.2, 0) is 4.74 Å². The lowest BCUT2D eigenvalue weighted by atomic mass is 10.2. The zero-order valence-electron chi connectivity index (χ0n) is 19.6. The summed E-state index contributed by atoms with van der Waals surface area (Å²) < 4.78 is 7.50. The molecule has 5 rings (SSSR count). The van der Waals surface area contributed by atoms with E-state index in [1.165, 1.54) is 5.56 Å². The Morgan fingerprint density at radius 3 is 2.59 bits per heavy atom. The van der Waals surface area contributed by atoms with E-state index in [9.17, 15) is 0 Å². The first-order valence-electron chi connectivity index (χ1n) is 11.3. The maximum Gasteiger partial charge on any atom is 0.229 e. The van der Waals surface area contributed by atoms with Crippen molar-refractivity contribution in [1.29, 1.82) is 0 Å². The van der Waals surface area contributed by atoms with Gasteiger partial charge >= 0.3 is 0 Å². The summed E-state index contributed by atoms with van der Waals surface area (Å²) in [6, 6.07) is 16.5. The van der Waals surface area contributed by atoms with Gasteiger partial charge in [-0.25, -0.2) is 4.98 Å². The van der Waals surface area contributed by atoms with Crippen LogP contribution in [0.5, 0.6) is 0 Å². The van der Waals surface area contributed by atoms with Gasteiger partial charge in [-0.05, 0) is 36.8 Å². The van der Waals surface area contributed by atoms with Gasteiger partial charge in [-0.15, -0.1) is 0 Å². The molecule has 1 aliphatic heterocycles. The molecule has 1 N–H and O–H groups in total. The number of hydrogen-bond acceptors (Lipinski definition) is 8. The highest BCUT2D eigenvalue weighted by Crippen LogP contribution is 2.26. The summed E-state index contributed by atoms with van der Waals surface area (Å²) in [5.41, 5.74) is 8.79. The summed E-state index contributed by atoms with van der Waals surface area (Å²) in [7, 11) is 4.05. The first-order valence-corrected chi connectivity index (χ1v) is 11.3. The summed E-state index contributed by atoms with van der Waals surface area (Å²) in [5, 5.41) is 4.44. The quantitative estimate of drug-likeness (QED) is 0.351. The summed E-state index contributed by atoms with van der Waals surface area (Å²) in [4.78, 5) is 18.5. The van der Waals surface area contributed by atoms with Crippen LogP contribution in [0.25, 0.3) is 16.9 Å². The number of aryl methyl sites for hydroxylation is 1. The van der Waals surface area contributed by atoms with Crippen molar-refractivity contribution in [2.75, 3.05) is 55.6 Å². The van der Waals surface area contributed by atoms with Crippen molar-refractivity contribution < 1.29 is 4.74 Å². The first kappa shape index (κ1) is 21.8. The highest BCUT2D eigenvalue weighted by molar-refractivity contribution is 5.87. The SMILES string of the molecule is Cc1cccc(/C=N/Nc2nc(N3CCOCC3)nc3c2ncn3-c2ccc(N(C)C)cc2)c1. The molecule has 1 fully saturated rings. The Morgan fingerprint density at radius 2 is 1.85 bits per heavy atom. The van der Waals surface area contributed by atoms with Crippen LogP contribution in [0.2, 0.25) is 0 Å². The van der Waals surface area contributed by atoms with E-state index < -0.39 is 0 Å². The van der Waals surface area contributed by atoms with Gasteiger partial charge in [-0.1, -0.05) is 29.8 Å². The van der Waals surface area contributed by atoms with Crippen molar-refractivity contribution in [3.8, 4) is 5.69 Å². The molecular formula is C25H28N8O. The molecule has 0 bridgehead atoms. The topological polar surface area (TPSA) is 83.7 Å². The number of rotatable bonds is 6. The van der Waals surface area contributed by atoms with Gasteiger partial charge in [0.05, 0.1) is 19.4 Å². The minimum atomic E-state index is 0.569. The van der Waals surface area contributed by atoms with E-state index in [1.807, 2.05) is 30.8 Å². The molecule has 0 unspecified atom stereocenters. The number of imidazole rings is 1. The predicted molar refractivity (Wildman–Crippen MR) is 136 cm³/mol. The van der Waals surface area contributed by atoms with Crippen molar-refractivity contribution in [3.05, 3.63) is 66.0 Å². The zero-order valence-corrected chi connectivity index (χ0v) is 19.6. The number of ether oxygens (including phenoxy) is 1. The summed E-state index contributed by atoms with van der Waals surface area (Å²) >= 11 is 0. The first-order chi connectivity index (χ1) is 16.6. The van der Waals surface area contributed by atoms with Crippen LogP contribution in [0.3, 0.4) is 0 Å². The summed E-state index contributed by atoms with van der Waals surface area (Å²) in [5.74, 6) is 1.20. The fourth-order valence-electron chi connectivity index (χ4n) is 3.89. The number of morpholine rings is 1. The van der Waals surface area contributed by atoms with E-state index in [0.29, 0.717) is 30.5 Å². The van der Waals surface area contributed by atoms with Crippen LogP contribution in [0, 0.1) is 6.92 Å². The fraction of sp³-hybridized carbons (Fsp3) is 0.280. The minimum Gasteiger partial charge on any atom is -0.378 e. The lowest BCUT2D eigenvalue weighted by molar-refractivity contribution is 0.122. The third-order valence-corrected chi connectivity index (χ3v) is 5.75. The molecular weight excluding hydrogens is 428 g/mol. The van der Waals surface area contributed by atoms with Crippen LogP contribution in [-0.4, -0.2) is 66.1 Å². The number of hydrazone groups is 1. The molecule has 9 heteroatoms. The van der Waals surface area contributed by atoms with E-state index in [-0.39, 0.29) is 0 Å². The second-order valence-corrected chi connectivity index (χ2v) is 8.45. The molecule has 3 heterocycles. The van der Waals surface area contributed by atoms with E-state index in [0.717, 1.165) is 35.7 Å². The molecule has 1 saturated heterocycles. The van der Waals surface area contributed by atoms with Crippen molar-refractivity contribution in [1.82, 2.24) is 19.5 Å². The smallest absolute Gasteiger partial charge is 0.229 e.